The zero-order chi connectivity index (χ0) is 21.8. The smallest absolute Gasteiger partial charge is 0.277 e. The molecule has 1 fully saturated rings. The van der Waals surface area contributed by atoms with Crippen molar-refractivity contribution in [3.05, 3.63) is 68.3 Å². The molecule has 3 rings (SSSR count). The molecule has 0 radical (unpaired) electrons. The van der Waals surface area contributed by atoms with Crippen LogP contribution in [-0.2, 0) is 4.79 Å². The fourth-order valence-corrected chi connectivity index (χ4v) is 3.13. The van der Waals surface area contributed by atoms with Crippen LogP contribution in [0.3, 0.4) is 0 Å². The van der Waals surface area contributed by atoms with Gasteiger partial charge in [-0.3, -0.25) is 29.8 Å². The number of amides is 2. The Hall–Kier alpha value is -3.67. The molecule has 1 atom stereocenters. The van der Waals surface area contributed by atoms with Crippen LogP contribution < -0.4 is 10.1 Å². The Balaban J connectivity index is 0.00000341. The predicted octanol–water partition coefficient (Wildman–Crippen LogP) is 2.87. The summed E-state index contributed by atoms with van der Waals surface area (Å²) in [4.78, 5) is 45.7. The molecule has 2 amide bonds. The summed E-state index contributed by atoms with van der Waals surface area (Å²) >= 11 is 0. The number of nitro benzene ring substituents is 2. The van der Waals surface area contributed by atoms with Crippen molar-refractivity contribution >= 4 is 42.4 Å². The van der Waals surface area contributed by atoms with E-state index < -0.39 is 27.1 Å². The maximum atomic E-state index is 12.7. The number of likely N-dealkylation sites (tertiary alicyclic amines) is 1. The second kappa shape index (κ2) is 9.89. The van der Waals surface area contributed by atoms with E-state index >= 15 is 0 Å². The van der Waals surface area contributed by atoms with Gasteiger partial charge in [0.05, 0.1) is 28.0 Å². The Bertz CT molecular complexity index is 981. The molecule has 11 nitrogen and oxygen atoms in total. The molecule has 1 saturated heterocycles. The third-order valence-electron chi connectivity index (χ3n) is 4.48. The molecule has 1 aliphatic heterocycles. The first-order valence-electron chi connectivity index (χ1n) is 9.00. The van der Waals surface area contributed by atoms with Crippen LogP contribution in [0.1, 0.15) is 23.7 Å². The Morgan fingerprint density at radius 2 is 1.65 bits per heavy atom. The van der Waals surface area contributed by atoms with Gasteiger partial charge >= 0.3 is 0 Å². The lowest BCUT2D eigenvalue weighted by molar-refractivity contribution is -0.394. The Morgan fingerprint density at radius 1 is 1.06 bits per heavy atom. The van der Waals surface area contributed by atoms with Gasteiger partial charge in [0.15, 0.2) is 0 Å². The highest BCUT2D eigenvalue weighted by Crippen LogP contribution is 2.26. The Labute approximate surface area is 183 Å². The number of carbonyl (C=O) groups excluding carboxylic acids is 2. The summed E-state index contributed by atoms with van der Waals surface area (Å²) in [5.41, 5.74) is -0.515. The lowest BCUT2D eigenvalue weighted by Gasteiger charge is -2.17. The van der Waals surface area contributed by atoms with Crippen LogP contribution in [0.4, 0.5) is 17.1 Å². The first-order valence-corrected chi connectivity index (χ1v) is 9.00. The number of nitro groups is 2. The minimum absolute atomic E-state index is 0. The van der Waals surface area contributed by atoms with Gasteiger partial charge in [-0.1, -0.05) is 0 Å². The Kier molecular flexibility index (Phi) is 7.53. The number of carbonyl (C=O) groups is 2. The zero-order valence-electron chi connectivity index (χ0n) is 16.4. The van der Waals surface area contributed by atoms with E-state index in [0.29, 0.717) is 24.4 Å². The largest absolute Gasteiger partial charge is 0.489 e. The van der Waals surface area contributed by atoms with Gasteiger partial charge in [-0.05, 0) is 24.3 Å². The summed E-state index contributed by atoms with van der Waals surface area (Å²) in [5, 5.41) is 24.7. The van der Waals surface area contributed by atoms with E-state index in [1.807, 2.05) is 0 Å². The first-order chi connectivity index (χ1) is 14.2. The van der Waals surface area contributed by atoms with Crippen LogP contribution >= 0.6 is 13.5 Å². The fraction of sp³-hybridized carbons (Fsp3) is 0.263. The van der Waals surface area contributed by atoms with E-state index in [1.165, 1.54) is 11.8 Å². The van der Waals surface area contributed by atoms with Crippen LogP contribution in [0.2, 0.25) is 0 Å². The standard InChI is InChI=1S/C19H18N4O7.H2S/c1-12(24)20-14-2-4-17(5-3-14)30-18-6-7-21(11-18)19(25)13-8-15(22(26)27)10-16(9-13)23(28)29;/h2-5,8-10,18H,6-7,11H2,1H3,(H,20,24);1H2/t18-;/m0./s1. The summed E-state index contributed by atoms with van der Waals surface area (Å²) < 4.78 is 5.85. The van der Waals surface area contributed by atoms with Crippen molar-refractivity contribution in [3.8, 4) is 5.75 Å². The number of hydrogen-bond acceptors (Lipinski definition) is 7. The molecule has 1 N–H and O–H groups in total. The normalized spacial score (nSPS) is 15.0. The van der Waals surface area contributed by atoms with Crippen molar-refractivity contribution < 1.29 is 24.2 Å². The van der Waals surface area contributed by atoms with E-state index in [1.54, 1.807) is 24.3 Å². The number of non-ortho nitro benzene ring substituents is 2. The maximum Gasteiger partial charge on any atom is 0.277 e. The second-order valence-electron chi connectivity index (χ2n) is 6.74. The highest BCUT2D eigenvalue weighted by atomic mass is 32.1. The third kappa shape index (κ3) is 5.92. The average molecular weight is 448 g/mol. The van der Waals surface area contributed by atoms with Crippen molar-refractivity contribution in [1.29, 1.82) is 0 Å². The molecule has 164 valence electrons. The lowest BCUT2D eigenvalue weighted by atomic mass is 10.1. The molecule has 0 unspecified atom stereocenters. The van der Waals surface area contributed by atoms with E-state index in [-0.39, 0.29) is 37.6 Å². The molecule has 12 heteroatoms. The number of benzene rings is 2. The van der Waals surface area contributed by atoms with Gasteiger partial charge in [-0.25, -0.2) is 0 Å². The molecule has 31 heavy (non-hydrogen) atoms. The molecule has 2 aromatic rings. The SMILES string of the molecule is CC(=O)Nc1ccc(O[C@H]2CCN(C(=O)c3cc([N+](=O)[O-])cc([N+](=O)[O-])c3)C2)cc1.S. The summed E-state index contributed by atoms with van der Waals surface area (Å²) in [6, 6.07) is 9.65. The monoisotopic (exact) mass is 448 g/mol. The van der Waals surface area contributed by atoms with Gasteiger partial charge in [0.25, 0.3) is 17.3 Å². The van der Waals surface area contributed by atoms with Crippen molar-refractivity contribution in [2.75, 3.05) is 18.4 Å². The summed E-state index contributed by atoms with van der Waals surface area (Å²) in [7, 11) is 0. The number of hydrogen-bond donors (Lipinski definition) is 1. The van der Waals surface area contributed by atoms with Crippen LogP contribution in [0.5, 0.6) is 5.75 Å². The fourth-order valence-electron chi connectivity index (χ4n) is 3.13. The number of nitrogens with zero attached hydrogens (tertiary/aromatic N) is 3. The predicted molar refractivity (Wildman–Crippen MR) is 116 cm³/mol. The second-order valence-corrected chi connectivity index (χ2v) is 6.74. The van der Waals surface area contributed by atoms with Crippen molar-refractivity contribution in [2.24, 2.45) is 0 Å². The van der Waals surface area contributed by atoms with Gasteiger partial charge in [0.1, 0.15) is 11.9 Å². The molecular weight excluding hydrogens is 428 g/mol. The zero-order valence-corrected chi connectivity index (χ0v) is 17.4. The molecule has 0 saturated carbocycles. The molecule has 1 aliphatic rings. The molecule has 2 aromatic carbocycles. The molecular formula is C19H20N4O7S. The van der Waals surface area contributed by atoms with Gasteiger partial charge in [-0.2, -0.15) is 13.5 Å². The highest BCUT2D eigenvalue weighted by molar-refractivity contribution is 7.59. The van der Waals surface area contributed by atoms with E-state index in [4.69, 9.17) is 4.74 Å². The van der Waals surface area contributed by atoms with Crippen LogP contribution in [-0.4, -0.2) is 45.8 Å². The maximum absolute atomic E-state index is 12.7. The molecule has 0 spiro atoms. The van der Waals surface area contributed by atoms with E-state index in [9.17, 15) is 29.8 Å². The van der Waals surface area contributed by atoms with Crippen LogP contribution in [0.25, 0.3) is 0 Å². The Morgan fingerprint density at radius 3 is 2.16 bits per heavy atom. The van der Waals surface area contributed by atoms with E-state index in [2.05, 4.69) is 5.32 Å². The van der Waals surface area contributed by atoms with Crippen LogP contribution in [0.15, 0.2) is 42.5 Å². The quantitative estimate of drug-likeness (QED) is 0.528. The van der Waals surface area contributed by atoms with Crippen molar-refractivity contribution in [3.63, 3.8) is 0 Å². The number of rotatable bonds is 6. The minimum Gasteiger partial charge on any atom is -0.489 e. The summed E-state index contributed by atoms with van der Waals surface area (Å²) in [5.74, 6) is -0.154. The van der Waals surface area contributed by atoms with Gasteiger partial charge < -0.3 is 15.0 Å². The number of ether oxygens (including phenoxy) is 1. The van der Waals surface area contributed by atoms with Gasteiger partial charge in [-0.15, -0.1) is 0 Å². The number of nitrogens with one attached hydrogen (secondary N) is 1. The van der Waals surface area contributed by atoms with Crippen molar-refractivity contribution in [2.45, 2.75) is 19.4 Å². The van der Waals surface area contributed by atoms with Gasteiger partial charge in [0, 0.05) is 37.7 Å². The summed E-state index contributed by atoms with van der Waals surface area (Å²) in [6.07, 6.45) is 0.241. The third-order valence-corrected chi connectivity index (χ3v) is 4.48. The van der Waals surface area contributed by atoms with E-state index in [0.717, 1.165) is 18.2 Å². The van der Waals surface area contributed by atoms with Crippen molar-refractivity contribution in [1.82, 2.24) is 4.90 Å². The molecule has 0 bridgehead atoms. The average Bonchev–Trinajstić information content (AvgIpc) is 3.16. The topological polar surface area (TPSA) is 145 Å². The molecule has 0 aliphatic carbocycles. The molecule has 0 aromatic heterocycles. The summed E-state index contributed by atoms with van der Waals surface area (Å²) in [6.45, 7) is 2.00. The highest BCUT2D eigenvalue weighted by Gasteiger charge is 2.30. The first kappa shape index (κ1) is 23.6. The minimum atomic E-state index is -0.774. The lowest BCUT2D eigenvalue weighted by Crippen LogP contribution is -2.31. The molecule has 1 heterocycles. The number of anilines is 1. The van der Waals surface area contributed by atoms with Crippen LogP contribution in [0, 0.1) is 20.2 Å². The van der Waals surface area contributed by atoms with Gasteiger partial charge in [0.2, 0.25) is 5.91 Å².